The number of halogens is 3. The van der Waals surface area contributed by atoms with Crippen molar-refractivity contribution in [1.82, 2.24) is 9.69 Å². The molecule has 21 heavy (non-hydrogen) atoms. The van der Waals surface area contributed by atoms with Gasteiger partial charge in [0.1, 0.15) is 28.1 Å². The second-order valence-corrected chi connectivity index (χ2v) is 5.77. The summed E-state index contributed by atoms with van der Waals surface area (Å²) in [4.78, 5) is 12.2. The van der Waals surface area contributed by atoms with Gasteiger partial charge < -0.3 is 10.1 Å². The minimum absolute atomic E-state index is 0.113. The number of aromatic nitrogens is 1. The minimum Gasteiger partial charge on any atom is -0.491 e. The zero-order chi connectivity index (χ0) is 15.4. The molecule has 0 aliphatic heterocycles. The molecule has 1 aromatic carbocycles. The summed E-state index contributed by atoms with van der Waals surface area (Å²) in [5, 5.41) is 2.98. The third-order valence-electron chi connectivity index (χ3n) is 2.49. The van der Waals surface area contributed by atoms with Crippen LogP contribution in [0.4, 0.5) is 4.39 Å². The fraction of sp³-hybridized carbons (Fsp3) is 0.231. The normalized spacial score (nSPS) is 12.0. The van der Waals surface area contributed by atoms with Crippen LogP contribution in [0.25, 0.3) is 0 Å². The smallest absolute Gasteiger partial charge is 0.264 e. The standard InChI is InChI=1S/C13H11Cl2FN2O2S/c1-7(6-20-9-4-2-8(16)3-5-9)17-13(19)11-10(14)12(15)18-21-11/h2-5,7H,6H2,1H3,(H,17,19). The second-order valence-electron chi connectivity index (χ2n) is 4.26. The van der Waals surface area contributed by atoms with Crippen molar-refractivity contribution >= 4 is 40.6 Å². The van der Waals surface area contributed by atoms with E-state index in [4.69, 9.17) is 27.9 Å². The Morgan fingerprint density at radius 1 is 1.43 bits per heavy atom. The first kappa shape index (κ1) is 16.0. The predicted molar refractivity (Wildman–Crippen MR) is 81.0 cm³/mol. The van der Waals surface area contributed by atoms with Gasteiger partial charge in [-0.25, -0.2) is 4.39 Å². The van der Waals surface area contributed by atoms with Crippen molar-refractivity contribution in [3.05, 3.63) is 45.1 Å². The van der Waals surface area contributed by atoms with Crippen molar-refractivity contribution in [1.29, 1.82) is 0 Å². The highest BCUT2D eigenvalue weighted by atomic mass is 35.5. The fourth-order valence-electron chi connectivity index (χ4n) is 1.48. The Bertz CT molecular complexity index is 634. The van der Waals surface area contributed by atoms with Crippen LogP contribution in [0.3, 0.4) is 0 Å². The van der Waals surface area contributed by atoms with E-state index >= 15 is 0 Å². The largest absolute Gasteiger partial charge is 0.491 e. The molecule has 1 heterocycles. The van der Waals surface area contributed by atoms with Gasteiger partial charge in [0.15, 0.2) is 5.15 Å². The summed E-state index contributed by atoms with van der Waals surface area (Å²) < 4.78 is 22.0. The van der Waals surface area contributed by atoms with Gasteiger partial charge in [-0.15, -0.1) is 0 Å². The molecule has 4 nitrogen and oxygen atoms in total. The zero-order valence-corrected chi connectivity index (χ0v) is 13.2. The van der Waals surface area contributed by atoms with E-state index in [1.54, 1.807) is 6.92 Å². The quantitative estimate of drug-likeness (QED) is 0.894. The summed E-state index contributed by atoms with van der Waals surface area (Å²) in [7, 11) is 0. The van der Waals surface area contributed by atoms with Crippen molar-refractivity contribution in [2.75, 3.05) is 6.61 Å². The topological polar surface area (TPSA) is 51.2 Å². The number of carbonyl (C=O) groups is 1. The Kier molecular flexibility index (Phi) is 5.39. The molecular weight excluding hydrogens is 338 g/mol. The molecule has 0 fully saturated rings. The first-order valence-corrected chi connectivity index (χ1v) is 7.50. The average Bonchev–Trinajstić information content (AvgIpc) is 2.78. The van der Waals surface area contributed by atoms with Crippen LogP contribution in [0, 0.1) is 5.82 Å². The molecule has 112 valence electrons. The lowest BCUT2D eigenvalue weighted by Gasteiger charge is -2.14. The van der Waals surface area contributed by atoms with E-state index < -0.39 is 0 Å². The molecular formula is C13H11Cl2FN2O2S. The molecule has 0 saturated heterocycles. The Balaban J connectivity index is 1.87. The lowest BCUT2D eigenvalue weighted by atomic mass is 10.3. The van der Waals surface area contributed by atoms with E-state index in [0.717, 1.165) is 11.5 Å². The van der Waals surface area contributed by atoms with Crippen LogP contribution < -0.4 is 10.1 Å². The lowest BCUT2D eigenvalue weighted by Crippen LogP contribution is -2.36. The summed E-state index contributed by atoms with van der Waals surface area (Å²) in [6.07, 6.45) is 0. The number of ether oxygens (including phenoxy) is 1. The summed E-state index contributed by atoms with van der Waals surface area (Å²) in [5.74, 6) is -0.170. The summed E-state index contributed by atoms with van der Waals surface area (Å²) in [6, 6.07) is 5.38. The number of hydrogen-bond donors (Lipinski definition) is 1. The number of carbonyl (C=O) groups excluding carboxylic acids is 1. The molecule has 8 heteroatoms. The van der Waals surface area contributed by atoms with E-state index in [9.17, 15) is 9.18 Å². The van der Waals surface area contributed by atoms with Gasteiger partial charge in [-0.1, -0.05) is 23.2 Å². The van der Waals surface area contributed by atoms with Gasteiger partial charge in [0.05, 0.1) is 6.04 Å². The third-order valence-corrected chi connectivity index (χ3v) is 4.29. The number of rotatable bonds is 5. The molecule has 0 radical (unpaired) electrons. The van der Waals surface area contributed by atoms with E-state index in [2.05, 4.69) is 9.69 Å². The first-order valence-electron chi connectivity index (χ1n) is 5.97. The zero-order valence-electron chi connectivity index (χ0n) is 10.9. The van der Waals surface area contributed by atoms with Crippen LogP contribution in [0.2, 0.25) is 10.2 Å². The van der Waals surface area contributed by atoms with Gasteiger partial charge in [0.25, 0.3) is 5.91 Å². The number of benzene rings is 1. The number of amides is 1. The van der Waals surface area contributed by atoms with Gasteiger partial charge in [0, 0.05) is 0 Å². The van der Waals surface area contributed by atoms with Crippen LogP contribution in [0.15, 0.2) is 24.3 Å². The maximum atomic E-state index is 12.7. The van der Waals surface area contributed by atoms with Crippen LogP contribution in [-0.4, -0.2) is 22.9 Å². The first-order chi connectivity index (χ1) is 9.97. The van der Waals surface area contributed by atoms with Crippen LogP contribution in [0.5, 0.6) is 5.75 Å². The average molecular weight is 349 g/mol. The number of nitrogens with one attached hydrogen (secondary N) is 1. The SMILES string of the molecule is CC(COc1ccc(F)cc1)NC(=O)c1snc(Cl)c1Cl. The van der Waals surface area contributed by atoms with Gasteiger partial charge in [-0.2, -0.15) is 4.37 Å². The highest BCUT2D eigenvalue weighted by molar-refractivity contribution is 7.09. The van der Waals surface area contributed by atoms with Crippen molar-refractivity contribution in [2.24, 2.45) is 0 Å². The van der Waals surface area contributed by atoms with Crippen LogP contribution in [-0.2, 0) is 0 Å². The van der Waals surface area contributed by atoms with Gasteiger partial charge in [0.2, 0.25) is 0 Å². The Morgan fingerprint density at radius 2 is 2.10 bits per heavy atom. The molecule has 1 atom stereocenters. The van der Waals surface area contributed by atoms with Crippen molar-refractivity contribution in [3.8, 4) is 5.75 Å². The highest BCUT2D eigenvalue weighted by Gasteiger charge is 2.19. The Morgan fingerprint density at radius 3 is 2.67 bits per heavy atom. The molecule has 2 rings (SSSR count). The van der Waals surface area contributed by atoms with E-state index in [-0.39, 0.29) is 39.4 Å². The lowest BCUT2D eigenvalue weighted by molar-refractivity contribution is 0.0931. The molecule has 1 N–H and O–H groups in total. The van der Waals surface area contributed by atoms with Crippen molar-refractivity contribution < 1.29 is 13.9 Å². The molecule has 0 spiro atoms. The minimum atomic E-state index is -0.361. The fourth-order valence-corrected chi connectivity index (χ4v) is 2.60. The summed E-state index contributed by atoms with van der Waals surface area (Å²) in [5.41, 5.74) is 0. The Hall–Kier alpha value is -1.37. The monoisotopic (exact) mass is 348 g/mol. The third kappa shape index (κ3) is 4.30. The molecule has 1 unspecified atom stereocenters. The van der Waals surface area contributed by atoms with Crippen LogP contribution in [0.1, 0.15) is 16.6 Å². The van der Waals surface area contributed by atoms with E-state index in [0.29, 0.717) is 5.75 Å². The maximum absolute atomic E-state index is 12.7. The Labute approximate surface area is 135 Å². The van der Waals surface area contributed by atoms with Gasteiger partial charge >= 0.3 is 0 Å². The molecule has 0 saturated carbocycles. The van der Waals surface area contributed by atoms with Crippen molar-refractivity contribution in [3.63, 3.8) is 0 Å². The highest BCUT2D eigenvalue weighted by Crippen LogP contribution is 2.28. The summed E-state index contributed by atoms with van der Waals surface area (Å²) in [6.45, 7) is 2.01. The number of hydrogen-bond acceptors (Lipinski definition) is 4. The second kappa shape index (κ2) is 7.06. The molecule has 0 aliphatic carbocycles. The van der Waals surface area contributed by atoms with Gasteiger partial charge in [-0.05, 0) is 42.7 Å². The maximum Gasteiger partial charge on any atom is 0.264 e. The summed E-state index contributed by atoms with van der Waals surface area (Å²) >= 11 is 12.5. The van der Waals surface area contributed by atoms with E-state index in [1.807, 2.05) is 0 Å². The molecule has 2 aromatic rings. The molecule has 0 aliphatic rings. The predicted octanol–water partition coefficient (Wildman–Crippen LogP) is 3.79. The molecule has 1 amide bonds. The molecule has 1 aromatic heterocycles. The van der Waals surface area contributed by atoms with Gasteiger partial charge in [-0.3, -0.25) is 4.79 Å². The number of nitrogens with zero attached hydrogens (tertiary/aromatic N) is 1. The molecule has 0 bridgehead atoms. The van der Waals surface area contributed by atoms with Crippen LogP contribution >= 0.6 is 34.7 Å². The van der Waals surface area contributed by atoms with E-state index in [1.165, 1.54) is 24.3 Å². The van der Waals surface area contributed by atoms with Crippen molar-refractivity contribution in [2.45, 2.75) is 13.0 Å².